The third-order valence-electron chi connectivity index (χ3n) is 6.65. The van der Waals surface area contributed by atoms with Gasteiger partial charge in [-0.25, -0.2) is 0 Å². The van der Waals surface area contributed by atoms with Gasteiger partial charge in [-0.3, -0.25) is 4.79 Å². The quantitative estimate of drug-likeness (QED) is 0.473. The minimum Gasteiger partial charge on any atom is -0.497 e. The van der Waals surface area contributed by atoms with Crippen molar-refractivity contribution in [3.8, 4) is 5.75 Å². The van der Waals surface area contributed by atoms with Gasteiger partial charge in [0.05, 0.1) is 19.8 Å². The molecule has 1 saturated heterocycles. The van der Waals surface area contributed by atoms with Crippen molar-refractivity contribution in [2.45, 2.75) is 45.9 Å². The van der Waals surface area contributed by atoms with Gasteiger partial charge >= 0.3 is 0 Å². The minimum atomic E-state index is 0.0249. The van der Waals surface area contributed by atoms with Crippen molar-refractivity contribution in [3.05, 3.63) is 64.8 Å². The Bertz CT molecular complexity index is 1110. The third-order valence-corrected chi connectivity index (χ3v) is 6.65. The van der Waals surface area contributed by atoms with Gasteiger partial charge in [-0.2, -0.15) is 0 Å². The van der Waals surface area contributed by atoms with E-state index in [0.717, 1.165) is 48.2 Å². The Hall–Kier alpha value is -2.83. The van der Waals surface area contributed by atoms with Crippen LogP contribution in [0.15, 0.2) is 42.5 Å². The van der Waals surface area contributed by atoms with Crippen LogP contribution < -0.4 is 4.74 Å². The molecule has 33 heavy (non-hydrogen) atoms. The molecule has 6 heteroatoms. The van der Waals surface area contributed by atoms with Gasteiger partial charge in [0.2, 0.25) is 0 Å². The highest BCUT2D eigenvalue weighted by molar-refractivity contribution is 5.99. The molecule has 1 aromatic heterocycles. The zero-order valence-corrected chi connectivity index (χ0v) is 20.1. The number of hydrogen-bond donors (Lipinski definition) is 0. The molecule has 1 amide bonds. The molecule has 1 aliphatic heterocycles. The summed E-state index contributed by atoms with van der Waals surface area (Å²) in [7, 11) is 3.38. The number of benzene rings is 2. The Morgan fingerprint density at radius 2 is 2.03 bits per heavy atom. The summed E-state index contributed by atoms with van der Waals surface area (Å²) in [4.78, 5) is 15.6. The van der Waals surface area contributed by atoms with Crippen LogP contribution in [0, 0.1) is 13.8 Å². The van der Waals surface area contributed by atoms with Crippen LogP contribution in [-0.4, -0.2) is 55.5 Å². The zero-order chi connectivity index (χ0) is 23.4. The molecule has 1 atom stereocenters. The van der Waals surface area contributed by atoms with Crippen molar-refractivity contribution in [2.75, 3.05) is 34.0 Å². The number of rotatable bonds is 9. The normalized spacial score (nSPS) is 15.8. The molecule has 0 saturated carbocycles. The second kappa shape index (κ2) is 10.4. The fourth-order valence-corrected chi connectivity index (χ4v) is 4.68. The van der Waals surface area contributed by atoms with E-state index in [9.17, 15) is 4.79 Å². The summed E-state index contributed by atoms with van der Waals surface area (Å²) in [6.07, 6.45) is 2.12. The molecule has 4 rings (SSSR count). The van der Waals surface area contributed by atoms with E-state index in [-0.39, 0.29) is 12.0 Å². The van der Waals surface area contributed by atoms with Gasteiger partial charge < -0.3 is 23.7 Å². The Kier molecular flexibility index (Phi) is 7.36. The first-order chi connectivity index (χ1) is 16.0. The predicted octanol–water partition coefficient (Wildman–Crippen LogP) is 4.73. The van der Waals surface area contributed by atoms with Gasteiger partial charge in [0.1, 0.15) is 5.75 Å². The maximum atomic E-state index is 13.7. The van der Waals surface area contributed by atoms with Crippen molar-refractivity contribution in [3.63, 3.8) is 0 Å². The summed E-state index contributed by atoms with van der Waals surface area (Å²) in [5, 5.41) is 1.12. The summed E-state index contributed by atoms with van der Waals surface area (Å²) < 4.78 is 18.8. The number of carbonyl (C=O) groups is 1. The van der Waals surface area contributed by atoms with Crippen LogP contribution in [0.1, 0.15) is 40.0 Å². The predicted molar refractivity (Wildman–Crippen MR) is 130 cm³/mol. The van der Waals surface area contributed by atoms with Crippen molar-refractivity contribution >= 4 is 16.8 Å². The average Bonchev–Trinajstić information content (AvgIpc) is 3.43. The Morgan fingerprint density at radius 3 is 2.76 bits per heavy atom. The van der Waals surface area contributed by atoms with Crippen molar-refractivity contribution < 1.29 is 19.0 Å². The SMILES string of the molecule is COCCn1c(C)c(C)c2cc(C(=O)N(Cc3cccc(OC)c3)CC3CCCO3)ccc21. The monoisotopic (exact) mass is 450 g/mol. The molecular weight excluding hydrogens is 416 g/mol. The summed E-state index contributed by atoms with van der Waals surface area (Å²) in [6.45, 7) is 7.56. The molecule has 0 radical (unpaired) electrons. The first-order valence-electron chi connectivity index (χ1n) is 11.6. The number of aryl methyl sites for hydroxylation is 1. The van der Waals surface area contributed by atoms with Gasteiger partial charge in [0.15, 0.2) is 0 Å². The lowest BCUT2D eigenvalue weighted by Crippen LogP contribution is -2.37. The number of ether oxygens (including phenoxy) is 3. The van der Waals surface area contributed by atoms with E-state index in [4.69, 9.17) is 14.2 Å². The van der Waals surface area contributed by atoms with Crippen LogP contribution >= 0.6 is 0 Å². The molecule has 0 spiro atoms. The summed E-state index contributed by atoms with van der Waals surface area (Å²) >= 11 is 0. The second-order valence-corrected chi connectivity index (χ2v) is 8.76. The Morgan fingerprint density at radius 1 is 1.18 bits per heavy atom. The molecule has 2 heterocycles. The average molecular weight is 451 g/mol. The maximum Gasteiger partial charge on any atom is 0.254 e. The van der Waals surface area contributed by atoms with Gasteiger partial charge in [0.25, 0.3) is 5.91 Å². The zero-order valence-electron chi connectivity index (χ0n) is 20.1. The molecule has 1 fully saturated rings. The molecule has 0 N–H and O–H groups in total. The maximum absolute atomic E-state index is 13.7. The summed E-state index contributed by atoms with van der Waals surface area (Å²) in [6, 6.07) is 14.0. The number of carbonyl (C=O) groups excluding carboxylic acids is 1. The van der Waals surface area contributed by atoms with Crippen LogP contribution in [0.4, 0.5) is 0 Å². The lowest BCUT2D eigenvalue weighted by molar-refractivity contribution is 0.0507. The van der Waals surface area contributed by atoms with E-state index >= 15 is 0 Å². The molecule has 0 bridgehead atoms. The Labute approximate surface area is 196 Å². The van der Waals surface area contributed by atoms with Crippen LogP contribution in [0.25, 0.3) is 10.9 Å². The Balaban J connectivity index is 1.64. The second-order valence-electron chi connectivity index (χ2n) is 8.76. The van der Waals surface area contributed by atoms with Crippen LogP contribution in [0.3, 0.4) is 0 Å². The topological polar surface area (TPSA) is 52.9 Å². The van der Waals surface area contributed by atoms with Gasteiger partial charge in [0, 0.05) is 55.5 Å². The number of hydrogen-bond acceptors (Lipinski definition) is 4. The molecule has 1 unspecified atom stereocenters. The van der Waals surface area contributed by atoms with E-state index in [1.54, 1.807) is 14.2 Å². The van der Waals surface area contributed by atoms with E-state index in [2.05, 4.69) is 24.5 Å². The molecular formula is C27H34N2O4. The van der Waals surface area contributed by atoms with Crippen molar-refractivity contribution in [2.24, 2.45) is 0 Å². The summed E-state index contributed by atoms with van der Waals surface area (Å²) in [5.74, 6) is 0.818. The molecule has 1 aliphatic rings. The standard InChI is InChI=1S/C27H34N2O4/c1-19-20(2)29(12-14-31-3)26-11-10-22(16-25(19)26)27(30)28(18-24-9-6-13-33-24)17-21-7-5-8-23(15-21)32-4/h5,7-8,10-11,15-16,24H,6,9,12-14,17-18H2,1-4H3. The smallest absolute Gasteiger partial charge is 0.254 e. The number of aromatic nitrogens is 1. The first-order valence-corrected chi connectivity index (χ1v) is 11.6. The van der Waals surface area contributed by atoms with Gasteiger partial charge in [-0.1, -0.05) is 12.1 Å². The van der Waals surface area contributed by atoms with Crippen LogP contribution in [-0.2, 0) is 22.6 Å². The first kappa shape index (κ1) is 23.3. The number of fused-ring (bicyclic) bond motifs is 1. The summed E-state index contributed by atoms with van der Waals surface area (Å²) in [5.41, 5.74) is 5.29. The van der Waals surface area contributed by atoms with Gasteiger partial charge in [-0.05, 0) is 68.1 Å². The lowest BCUT2D eigenvalue weighted by Gasteiger charge is -2.26. The highest BCUT2D eigenvalue weighted by Crippen LogP contribution is 2.27. The van der Waals surface area contributed by atoms with Crippen molar-refractivity contribution in [1.29, 1.82) is 0 Å². The van der Waals surface area contributed by atoms with E-state index in [0.29, 0.717) is 25.3 Å². The fourth-order valence-electron chi connectivity index (χ4n) is 4.68. The molecule has 6 nitrogen and oxygen atoms in total. The highest BCUT2D eigenvalue weighted by atomic mass is 16.5. The van der Waals surface area contributed by atoms with E-state index < -0.39 is 0 Å². The van der Waals surface area contributed by atoms with Crippen LogP contribution in [0.5, 0.6) is 5.75 Å². The molecule has 3 aromatic rings. The molecule has 0 aliphatic carbocycles. The van der Waals surface area contributed by atoms with Crippen LogP contribution in [0.2, 0.25) is 0 Å². The van der Waals surface area contributed by atoms with E-state index in [1.165, 1.54) is 11.3 Å². The molecule has 2 aromatic carbocycles. The minimum absolute atomic E-state index is 0.0249. The highest BCUT2D eigenvalue weighted by Gasteiger charge is 2.24. The van der Waals surface area contributed by atoms with E-state index in [1.807, 2.05) is 41.3 Å². The van der Waals surface area contributed by atoms with Gasteiger partial charge in [-0.15, -0.1) is 0 Å². The third kappa shape index (κ3) is 5.07. The lowest BCUT2D eigenvalue weighted by atomic mass is 10.1. The number of amides is 1. The molecule has 176 valence electrons. The largest absolute Gasteiger partial charge is 0.497 e. The fraction of sp³-hybridized carbons (Fsp3) is 0.444. The van der Waals surface area contributed by atoms with Crippen molar-refractivity contribution in [1.82, 2.24) is 9.47 Å². The number of nitrogens with zero attached hydrogens (tertiary/aromatic N) is 2. The number of methoxy groups -OCH3 is 2.